The van der Waals surface area contributed by atoms with Gasteiger partial charge in [0.1, 0.15) is 0 Å². The minimum absolute atomic E-state index is 0.0981. The topological polar surface area (TPSA) is 71.4 Å². The van der Waals surface area contributed by atoms with Gasteiger partial charge in [-0.05, 0) is 47.6 Å². The second kappa shape index (κ2) is 3.54. The molecular weight excluding hydrogens is 300 g/mol. The Kier molecular flexibility index (Phi) is 2.28. The lowest BCUT2D eigenvalue weighted by molar-refractivity contribution is -0.125. The van der Waals surface area contributed by atoms with Crippen LogP contribution in [0.15, 0.2) is 28.7 Å². The van der Waals surface area contributed by atoms with Crippen molar-refractivity contribution in [2.24, 2.45) is 10.8 Å². The van der Waals surface area contributed by atoms with Crippen LogP contribution in [0.25, 0.3) is 6.08 Å². The third-order valence-electron chi connectivity index (χ3n) is 6.73. The molecule has 0 radical (unpaired) electrons. The lowest BCUT2D eigenvalue weighted by Gasteiger charge is -2.39. The fraction of sp³-hybridized carbons (Fsp3) is 0.471. The number of carbonyl (C=O) groups is 1. The number of carbonyl (C=O) groups excluding carboxylic acids is 1. The van der Waals surface area contributed by atoms with Gasteiger partial charge in [0.2, 0.25) is 0 Å². The molecular formula is C17H18O4S. The normalized spacial score (nSPS) is 34.5. The third-order valence-corrected chi connectivity index (χ3v) is 7.58. The largest absolute Gasteiger partial charge is 0.294 e. The van der Waals surface area contributed by atoms with Gasteiger partial charge in [-0.3, -0.25) is 9.35 Å². The van der Waals surface area contributed by atoms with E-state index in [1.54, 1.807) is 12.1 Å². The molecule has 2 saturated carbocycles. The van der Waals surface area contributed by atoms with E-state index in [0.717, 1.165) is 29.5 Å². The molecule has 116 valence electrons. The molecule has 3 aliphatic rings. The van der Waals surface area contributed by atoms with E-state index in [-0.39, 0.29) is 16.1 Å². The van der Waals surface area contributed by atoms with Gasteiger partial charge in [0.25, 0.3) is 10.1 Å². The molecule has 1 N–H and O–H groups in total. The molecule has 2 atom stereocenters. The predicted molar refractivity (Wildman–Crippen MR) is 82.0 cm³/mol. The highest BCUT2D eigenvalue weighted by molar-refractivity contribution is 7.85. The number of Topliss-reactive ketones (excluding diaryl/α,β-unsaturated/α-hetero) is 1. The summed E-state index contributed by atoms with van der Waals surface area (Å²) in [5.41, 5.74) is 1.49. The van der Waals surface area contributed by atoms with Crippen LogP contribution in [0.5, 0.6) is 0 Å². The summed E-state index contributed by atoms with van der Waals surface area (Å²) in [5, 5.41) is 0. The van der Waals surface area contributed by atoms with Crippen molar-refractivity contribution < 1.29 is 17.8 Å². The van der Waals surface area contributed by atoms with Crippen LogP contribution in [0.4, 0.5) is 0 Å². The average molecular weight is 318 g/mol. The molecule has 1 aromatic carbocycles. The second-order valence-electron chi connectivity index (χ2n) is 7.47. The number of ketones is 1. The maximum absolute atomic E-state index is 12.9. The summed E-state index contributed by atoms with van der Waals surface area (Å²) in [6, 6.07) is 4.65. The maximum Gasteiger partial charge on any atom is 0.294 e. The molecule has 2 unspecified atom stereocenters. The number of hydrogen-bond acceptors (Lipinski definition) is 3. The minimum atomic E-state index is -4.25. The predicted octanol–water partition coefficient (Wildman–Crippen LogP) is 2.98. The van der Waals surface area contributed by atoms with E-state index in [9.17, 15) is 17.8 Å². The first-order valence-electron chi connectivity index (χ1n) is 7.45. The molecule has 0 heterocycles. The molecule has 2 fully saturated rings. The van der Waals surface area contributed by atoms with Gasteiger partial charge in [0.15, 0.2) is 5.78 Å². The maximum atomic E-state index is 12.9. The van der Waals surface area contributed by atoms with Crippen molar-refractivity contribution in [3.8, 4) is 0 Å². The van der Waals surface area contributed by atoms with Gasteiger partial charge < -0.3 is 0 Å². The first-order chi connectivity index (χ1) is 10.1. The number of allylic oxidation sites excluding steroid dienone is 1. The lowest BCUT2D eigenvalue weighted by Crippen LogP contribution is -2.38. The molecule has 5 heteroatoms. The van der Waals surface area contributed by atoms with Crippen LogP contribution in [0.2, 0.25) is 0 Å². The molecule has 2 bridgehead atoms. The van der Waals surface area contributed by atoms with Crippen LogP contribution in [-0.2, 0) is 20.3 Å². The highest BCUT2D eigenvalue weighted by Crippen LogP contribution is 2.75. The first kappa shape index (κ1) is 14.2. The Morgan fingerprint density at radius 1 is 1.14 bits per heavy atom. The third kappa shape index (κ3) is 1.21. The smallest absolute Gasteiger partial charge is 0.294 e. The van der Waals surface area contributed by atoms with Gasteiger partial charge in [-0.25, -0.2) is 0 Å². The highest BCUT2D eigenvalue weighted by Gasteiger charge is 2.74. The number of fused-ring (bicyclic) bond motifs is 2. The van der Waals surface area contributed by atoms with Crippen molar-refractivity contribution in [1.29, 1.82) is 0 Å². The van der Waals surface area contributed by atoms with Gasteiger partial charge in [0, 0.05) is 16.4 Å². The zero-order chi connectivity index (χ0) is 16.1. The number of hydrogen-bond donors (Lipinski definition) is 1. The van der Waals surface area contributed by atoms with Crippen LogP contribution in [0.3, 0.4) is 0 Å². The van der Waals surface area contributed by atoms with Crippen molar-refractivity contribution in [2.75, 3.05) is 0 Å². The van der Waals surface area contributed by atoms with E-state index in [1.807, 2.05) is 13.0 Å². The molecule has 3 aliphatic carbocycles. The molecule has 1 spiro atoms. The molecule has 22 heavy (non-hydrogen) atoms. The zero-order valence-corrected chi connectivity index (χ0v) is 13.6. The molecule has 0 amide bonds. The Morgan fingerprint density at radius 2 is 1.82 bits per heavy atom. The Bertz CT molecular complexity index is 878. The summed E-state index contributed by atoms with van der Waals surface area (Å²) < 4.78 is 32.3. The quantitative estimate of drug-likeness (QED) is 0.808. The van der Waals surface area contributed by atoms with Crippen molar-refractivity contribution >= 4 is 22.0 Å². The molecule has 0 aliphatic heterocycles. The Balaban J connectivity index is 2.05. The van der Waals surface area contributed by atoms with E-state index in [2.05, 4.69) is 13.8 Å². The Morgan fingerprint density at radius 3 is 2.45 bits per heavy atom. The molecule has 1 aromatic rings. The number of benzene rings is 1. The summed E-state index contributed by atoms with van der Waals surface area (Å²) in [6.07, 6.45) is 3.57. The molecule has 4 nitrogen and oxygen atoms in total. The standard InChI is InChI=1S/C17H18O4S/c1-15(2)16(3)6-7-17(15)12-9-11(22(19,20)21)5-4-10(12)8-13(17)14(16)18/h4-5,8-9H,6-7H2,1-3H3,(H,19,20,21). The SMILES string of the molecule is CC12CCC3(C(=Cc4ccc(S(=O)(=O)O)cc43)C1=O)C2(C)C. The fourth-order valence-corrected chi connectivity index (χ4v) is 5.55. The van der Waals surface area contributed by atoms with Gasteiger partial charge in [-0.1, -0.05) is 26.8 Å². The summed E-state index contributed by atoms with van der Waals surface area (Å²) in [4.78, 5) is 12.8. The monoisotopic (exact) mass is 318 g/mol. The molecule has 0 saturated heterocycles. The van der Waals surface area contributed by atoms with E-state index in [4.69, 9.17) is 0 Å². The Labute approximate surface area is 130 Å². The van der Waals surface area contributed by atoms with E-state index in [1.165, 1.54) is 6.07 Å². The average Bonchev–Trinajstić information content (AvgIpc) is 2.91. The van der Waals surface area contributed by atoms with Gasteiger partial charge >= 0.3 is 0 Å². The van der Waals surface area contributed by atoms with Crippen LogP contribution in [0, 0.1) is 10.8 Å². The van der Waals surface area contributed by atoms with Gasteiger partial charge in [-0.15, -0.1) is 0 Å². The summed E-state index contributed by atoms with van der Waals surface area (Å²) in [7, 11) is -4.25. The Hall–Kier alpha value is -1.46. The van der Waals surface area contributed by atoms with E-state index >= 15 is 0 Å². The van der Waals surface area contributed by atoms with Crippen LogP contribution >= 0.6 is 0 Å². The van der Waals surface area contributed by atoms with Gasteiger partial charge in [-0.2, -0.15) is 8.42 Å². The summed E-state index contributed by atoms with van der Waals surface area (Å²) >= 11 is 0. The second-order valence-corrected chi connectivity index (χ2v) is 8.90. The highest BCUT2D eigenvalue weighted by atomic mass is 32.2. The van der Waals surface area contributed by atoms with E-state index in [0.29, 0.717) is 0 Å². The van der Waals surface area contributed by atoms with Crippen molar-refractivity contribution in [1.82, 2.24) is 0 Å². The zero-order valence-electron chi connectivity index (χ0n) is 12.8. The van der Waals surface area contributed by atoms with Crippen molar-refractivity contribution in [3.05, 3.63) is 34.9 Å². The molecule has 0 aromatic heterocycles. The summed E-state index contributed by atoms with van der Waals surface area (Å²) in [6.45, 7) is 6.23. The fourth-order valence-electron chi connectivity index (χ4n) is 5.05. The summed E-state index contributed by atoms with van der Waals surface area (Å²) in [5.74, 6) is 0.188. The molecule has 4 rings (SSSR count). The van der Waals surface area contributed by atoms with Crippen molar-refractivity contribution in [2.45, 2.75) is 43.9 Å². The first-order valence-corrected chi connectivity index (χ1v) is 8.89. The van der Waals surface area contributed by atoms with Crippen molar-refractivity contribution in [3.63, 3.8) is 0 Å². The van der Waals surface area contributed by atoms with E-state index < -0.39 is 20.9 Å². The number of rotatable bonds is 1. The van der Waals surface area contributed by atoms with Gasteiger partial charge in [0.05, 0.1) is 4.90 Å². The van der Waals surface area contributed by atoms with Crippen LogP contribution in [0.1, 0.15) is 44.7 Å². The lowest BCUT2D eigenvalue weighted by atomic mass is 9.62. The van der Waals surface area contributed by atoms with Crippen LogP contribution in [-0.4, -0.2) is 18.8 Å². The minimum Gasteiger partial charge on any atom is -0.294 e. The van der Waals surface area contributed by atoms with Crippen LogP contribution < -0.4 is 0 Å².